The molecule has 118 valence electrons. The van der Waals surface area contributed by atoms with E-state index in [4.69, 9.17) is 11.6 Å². The number of likely N-dealkylation sites (N-methyl/N-ethyl adjacent to an activating group) is 1. The molecule has 0 aliphatic carbocycles. The summed E-state index contributed by atoms with van der Waals surface area (Å²) in [6.07, 6.45) is 1.81. The predicted molar refractivity (Wildman–Crippen MR) is 91.6 cm³/mol. The predicted octanol–water partition coefficient (Wildman–Crippen LogP) is 3.53. The van der Waals surface area contributed by atoms with Crippen LogP contribution in [0, 0.1) is 0 Å². The number of halogens is 1. The highest BCUT2D eigenvalue weighted by Crippen LogP contribution is 2.43. The molecule has 1 atom stereocenters. The van der Waals surface area contributed by atoms with Crippen LogP contribution in [-0.4, -0.2) is 35.8 Å². The van der Waals surface area contributed by atoms with Crippen LogP contribution in [0.4, 0.5) is 0 Å². The summed E-state index contributed by atoms with van der Waals surface area (Å²) in [4.78, 5) is 17.5. The summed E-state index contributed by atoms with van der Waals surface area (Å²) in [5, 5.41) is 0.720. The minimum atomic E-state index is -0.408. The summed E-state index contributed by atoms with van der Waals surface area (Å²) in [5.41, 5.74) is 2.69. The van der Waals surface area contributed by atoms with Gasteiger partial charge < -0.3 is 4.90 Å². The van der Waals surface area contributed by atoms with Crippen molar-refractivity contribution in [3.8, 4) is 0 Å². The standard InChI is InChI=1S/C19H19ClN2O/c1-21-11-4-12-22-18(23)17-6-3-2-5-14(17)13-19(21,22)15-7-9-16(20)10-8-15/h2-3,5-10H,4,11-13H2,1H3. The first-order chi connectivity index (χ1) is 11.1. The second kappa shape index (κ2) is 5.36. The quantitative estimate of drug-likeness (QED) is 0.800. The maximum absolute atomic E-state index is 13.1. The van der Waals surface area contributed by atoms with E-state index >= 15 is 0 Å². The lowest BCUT2D eigenvalue weighted by Gasteiger charge is -2.55. The van der Waals surface area contributed by atoms with Gasteiger partial charge in [0.1, 0.15) is 5.66 Å². The second-order valence-corrected chi connectivity index (χ2v) is 6.83. The third kappa shape index (κ3) is 2.11. The third-order valence-corrected chi connectivity index (χ3v) is 5.44. The molecule has 0 N–H and O–H groups in total. The molecule has 2 heterocycles. The molecule has 23 heavy (non-hydrogen) atoms. The average Bonchev–Trinajstić information content (AvgIpc) is 2.57. The molecule has 2 aliphatic rings. The van der Waals surface area contributed by atoms with Crippen molar-refractivity contribution in [2.75, 3.05) is 20.1 Å². The summed E-state index contributed by atoms with van der Waals surface area (Å²) < 4.78 is 0. The summed E-state index contributed by atoms with van der Waals surface area (Å²) in [7, 11) is 2.11. The van der Waals surface area contributed by atoms with Gasteiger partial charge in [-0.25, -0.2) is 0 Å². The molecule has 0 saturated carbocycles. The maximum Gasteiger partial charge on any atom is 0.255 e. The zero-order valence-electron chi connectivity index (χ0n) is 13.1. The van der Waals surface area contributed by atoms with Gasteiger partial charge in [-0.3, -0.25) is 9.69 Å². The van der Waals surface area contributed by atoms with Crippen LogP contribution in [0.5, 0.6) is 0 Å². The maximum atomic E-state index is 13.1. The molecule has 3 nitrogen and oxygen atoms in total. The Labute approximate surface area is 141 Å². The Balaban J connectivity index is 1.92. The number of hydrogen-bond donors (Lipinski definition) is 0. The number of carbonyl (C=O) groups excluding carboxylic acids is 1. The van der Waals surface area contributed by atoms with E-state index in [0.717, 1.165) is 47.6 Å². The van der Waals surface area contributed by atoms with E-state index in [1.165, 1.54) is 0 Å². The van der Waals surface area contributed by atoms with Crippen LogP contribution in [0.2, 0.25) is 5.02 Å². The molecule has 1 fully saturated rings. The summed E-state index contributed by atoms with van der Waals surface area (Å²) >= 11 is 6.08. The van der Waals surface area contributed by atoms with E-state index in [1.807, 2.05) is 35.2 Å². The Bertz CT molecular complexity index is 758. The molecule has 0 spiro atoms. The molecule has 2 aromatic rings. The largest absolute Gasteiger partial charge is 0.316 e. The van der Waals surface area contributed by atoms with Gasteiger partial charge in [-0.1, -0.05) is 41.9 Å². The van der Waals surface area contributed by atoms with Crippen molar-refractivity contribution in [2.45, 2.75) is 18.5 Å². The molecule has 4 heteroatoms. The van der Waals surface area contributed by atoms with E-state index in [0.29, 0.717) is 0 Å². The first-order valence-corrected chi connectivity index (χ1v) is 8.38. The van der Waals surface area contributed by atoms with Crippen molar-refractivity contribution in [3.63, 3.8) is 0 Å². The van der Waals surface area contributed by atoms with E-state index in [2.05, 4.69) is 30.1 Å². The SMILES string of the molecule is CN1CCCN2C(=O)c3ccccc3CC12c1ccc(Cl)cc1. The van der Waals surface area contributed by atoms with Crippen LogP contribution in [0.1, 0.15) is 27.9 Å². The van der Waals surface area contributed by atoms with E-state index in [1.54, 1.807) is 0 Å². The monoisotopic (exact) mass is 326 g/mol. The molecule has 1 saturated heterocycles. The zero-order valence-corrected chi connectivity index (χ0v) is 13.9. The summed E-state index contributed by atoms with van der Waals surface area (Å²) in [5.74, 6) is 0.133. The van der Waals surface area contributed by atoms with Crippen molar-refractivity contribution in [3.05, 3.63) is 70.2 Å². The van der Waals surface area contributed by atoms with Crippen molar-refractivity contribution in [1.82, 2.24) is 9.80 Å². The lowest BCUT2D eigenvalue weighted by atomic mass is 9.81. The minimum absolute atomic E-state index is 0.133. The van der Waals surface area contributed by atoms with Crippen molar-refractivity contribution in [1.29, 1.82) is 0 Å². The fraction of sp³-hybridized carbons (Fsp3) is 0.316. The Morgan fingerprint density at radius 3 is 2.57 bits per heavy atom. The number of nitrogens with zero attached hydrogens (tertiary/aromatic N) is 2. The van der Waals surface area contributed by atoms with Gasteiger partial charge in [-0.05, 0) is 42.8 Å². The first kappa shape index (κ1) is 14.7. The minimum Gasteiger partial charge on any atom is -0.316 e. The molecule has 4 rings (SSSR count). The number of benzene rings is 2. The number of hydrogen-bond acceptors (Lipinski definition) is 2. The number of rotatable bonds is 1. The number of fused-ring (bicyclic) bond motifs is 2. The van der Waals surface area contributed by atoms with Crippen LogP contribution in [0.3, 0.4) is 0 Å². The van der Waals surface area contributed by atoms with Gasteiger partial charge in [-0.15, -0.1) is 0 Å². The smallest absolute Gasteiger partial charge is 0.255 e. The topological polar surface area (TPSA) is 23.6 Å². The van der Waals surface area contributed by atoms with Crippen LogP contribution in [-0.2, 0) is 12.1 Å². The molecular formula is C19H19ClN2O. The first-order valence-electron chi connectivity index (χ1n) is 8.00. The highest BCUT2D eigenvalue weighted by Gasteiger charge is 2.50. The van der Waals surface area contributed by atoms with Crippen molar-refractivity contribution < 1.29 is 4.79 Å². The van der Waals surface area contributed by atoms with Crippen molar-refractivity contribution in [2.24, 2.45) is 0 Å². The van der Waals surface area contributed by atoms with Gasteiger partial charge >= 0.3 is 0 Å². The van der Waals surface area contributed by atoms with Gasteiger partial charge in [0.25, 0.3) is 5.91 Å². The lowest BCUT2D eigenvalue weighted by Crippen LogP contribution is -2.65. The Hall–Kier alpha value is -1.84. The summed E-state index contributed by atoms with van der Waals surface area (Å²) in [6, 6.07) is 15.9. The van der Waals surface area contributed by atoms with Gasteiger partial charge in [0.15, 0.2) is 0 Å². The molecule has 0 radical (unpaired) electrons. The van der Waals surface area contributed by atoms with Crippen molar-refractivity contribution >= 4 is 17.5 Å². The van der Waals surface area contributed by atoms with E-state index in [9.17, 15) is 4.79 Å². The molecule has 0 aromatic heterocycles. The molecule has 0 bridgehead atoms. The Morgan fingerprint density at radius 1 is 1.04 bits per heavy atom. The van der Waals surface area contributed by atoms with Gasteiger partial charge in [0.2, 0.25) is 0 Å². The highest BCUT2D eigenvalue weighted by atomic mass is 35.5. The lowest BCUT2D eigenvalue weighted by molar-refractivity contribution is -0.0666. The van der Waals surface area contributed by atoms with E-state index in [-0.39, 0.29) is 5.91 Å². The Kier molecular flexibility index (Phi) is 3.43. The number of carbonyl (C=O) groups is 1. The summed E-state index contributed by atoms with van der Waals surface area (Å²) in [6.45, 7) is 1.77. The molecule has 1 unspecified atom stereocenters. The van der Waals surface area contributed by atoms with Crippen LogP contribution in [0.15, 0.2) is 48.5 Å². The fourth-order valence-electron chi connectivity index (χ4n) is 4.03. The van der Waals surface area contributed by atoms with Crippen LogP contribution >= 0.6 is 11.6 Å². The normalized spacial score (nSPS) is 24.3. The van der Waals surface area contributed by atoms with Gasteiger partial charge in [0, 0.05) is 30.1 Å². The van der Waals surface area contributed by atoms with Gasteiger partial charge in [-0.2, -0.15) is 0 Å². The molecule has 2 aliphatic heterocycles. The van der Waals surface area contributed by atoms with Gasteiger partial charge in [0.05, 0.1) is 0 Å². The second-order valence-electron chi connectivity index (χ2n) is 6.39. The average molecular weight is 327 g/mol. The third-order valence-electron chi connectivity index (χ3n) is 5.19. The number of amides is 1. The zero-order chi connectivity index (χ0) is 16.0. The highest BCUT2D eigenvalue weighted by molar-refractivity contribution is 6.30. The Morgan fingerprint density at radius 2 is 1.78 bits per heavy atom. The molecule has 1 amide bonds. The molecule has 2 aromatic carbocycles. The van der Waals surface area contributed by atoms with Crippen LogP contribution < -0.4 is 0 Å². The van der Waals surface area contributed by atoms with E-state index < -0.39 is 5.66 Å². The fourth-order valence-corrected chi connectivity index (χ4v) is 4.16. The van der Waals surface area contributed by atoms with Crippen LogP contribution in [0.25, 0.3) is 0 Å². The molecular weight excluding hydrogens is 308 g/mol.